The average Bonchev–Trinajstić information content (AvgIpc) is 3.18. The van der Waals surface area contributed by atoms with Gasteiger partial charge in [-0.25, -0.2) is 9.37 Å². The smallest absolute Gasteiger partial charge is 0.166 e. The number of halogens is 2. The van der Waals surface area contributed by atoms with Crippen LogP contribution in [-0.4, -0.2) is 9.97 Å². The van der Waals surface area contributed by atoms with Crippen molar-refractivity contribution in [3.8, 4) is 16.9 Å². The van der Waals surface area contributed by atoms with Crippen LogP contribution >= 0.6 is 11.6 Å². The third-order valence-electron chi connectivity index (χ3n) is 4.59. The van der Waals surface area contributed by atoms with Crippen LogP contribution in [0.15, 0.2) is 61.4 Å². The maximum Gasteiger partial charge on any atom is 0.166 e. The minimum atomic E-state index is -0.509. The Morgan fingerprint density at radius 2 is 2.04 bits per heavy atom. The van der Waals surface area contributed by atoms with Crippen molar-refractivity contribution < 1.29 is 9.13 Å². The standard InChI is InChI=1S/C22H17ClFN3O/c1-2-13-3-5-18(24)21(23)17(13)12-28-20-10-16(11-27-22(20)25)14-4-6-19-15(9-14)7-8-26-19/h2-11,26H,1,12H2,(H2,25,27). The van der Waals surface area contributed by atoms with Crippen LogP contribution in [0.5, 0.6) is 5.75 Å². The maximum atomic E-state index is 13.8. The monoisotopic (exact) mass is 393 g/mol. The van der Waals surface area contributed by atoms with Crippen LogP contribution in [0.25, 0.3) is 28.1 Å². The van der Waals surface area contributed by atoms with Crippen molar-refractivity contribution in [3.63, 3.8) is 0 Å². The fraction of sp³-hybridized carbons (Fsp3) is 0.0455. The van der Waals surface area contributed by atoms with Crippen molar-refractivity contribution in [2.45, 2.75) is 6.61 Å². The van der Waals surface area contributed by atoms with Gasteiger partial charge in [0.05, 0.1) is 5.02 Å². The van der Waals surface area contributed by atoms with Gasteiger partial charge in [0.2, 0.25) is 0 Å². The van der Waals surface area contributed by atoms with Gasteiger partial charge in [0.25, 0.3) is 0 Å². The van der Waals surface area contributed by atoms with Gasteiger partial charge in [0, 0.05) is 29.0 Å². The third-order valence-corrected chi connectivity index (χ3v) is 5.00. The lowest BCUT2D eigenvalue weighted by Crippen LogP contribution is -2.03. The molecular formula is C22H17ClFN3O. The zero-order chi connectivity index (χ0) is 19.7. The highest BCUT2D eigenvalue weighted by atomic mass is 35.5. The Kier molecular flexibility index (Phi) is 4.75. The largest absolute Gasteiger partial charge is 0.485 e. The number of aromatic nitrogens is 2. The molecule has 4 rings (SSSR count). The Balaban J connectivity index is 1.65. The van der Waals surface area contributed by atoms with Crippen LogP contribution in [0.3, 0.4) is 0 Å². The summed E-state index contributed by atoms with van der Waals surface area (Å²) >= 11 is 6.10. The summed E-state index contributed by atoms with van der Waals surface area (Å²) < 4.78 is 19.7. The first-order valence-electron chi connectivity index (χ1n) is 8.62. The zero-order valence-electron chi connectivity index (χ0n) is 14.9. The van der Waals surface area contributed by atoms with Crippen LogP contribution in [-0.2, 0) is 6.61 Å². The fourth-order valence-corrected chi connectivity index (χ4v) is 3.28. The van der Waals surface area contributed by atoms with Crippen LogP contribution < -0.4 is 10.5 Å². The van der Waals surface area contributed by atoms with E-state index < -0.39 is 5.82 Å². The number of H-pyrrole nitrogens is 1. The van der Waals surface area contributed by atoms with E-state index in [0.717, 1.165) is 22.0 Å². The summed E-state index contributed by atoms with van der Waals surface area (Å²) in [4.78, 5) is 7.40. The molecule has 28 heavy (non-hydrogen) atoms. The lowest BCUT2D eigenvalue weighted by Gasteiger charge is -2.13. The molecular weight excluding hydrogens is 377 g/mol. The van der Waals surface area contributed by atoms with Gasteiger partial charge in [-0.15, -0.1) is 0 Å². The van der Waals surface area contributed by atoms with Crippen molar-refractivity contribution in [2.75, 3.05) is 5.73 Å². The molecule has 0 amide bonds. The molecule has 0 aliphatic carbocycles. The minimum Gasteiger partial charge on any atom is -0.485 e. The summed E-state index contributed by atoms with van der Waals surface area (Å²) in [6.07, 6.45) is 5.19. The third kappa shape index (κ3) is 3.32. The topological polar surface area (TPSA) is 63.9 Å². The van der Waals surface area contributed by atoms with E-state index in [1.165, 1.54) is 6.07 Å². The summed E-state index contributed by atoms with van der Waals surface area (Å²) in [5, 5.41) is 1.11. The van der Waals surface area contributed by atoms with Crippen molar-refractivity contribution in [1.82, 2.24) is 9.97 Å². The second kappa shape index (κ2) is 7.37. The first-order valence-corrected chi connectivity index (χ1v) is 9.00. The van der Waals surface area contributed by atoms with E-state index in [9.17, 15) is 4.39 Å². The molecule has 0 atom stereocenters. The number of nitrogen functional groups attached to an aromatic ring is 1. The van der Waals surface area contributed by atoms with Gasteiger partial charge in [-0.05, 0) is 46.8 Å². The van der Waals surface area contributed by atoms with Gasteiger partial charge in [-0.2, -0.15) is 0 Å². The normalized spacial score (nSPS) is 10.9. The summed E-state index contributed by atoms with van der Waals surface area (Å²) in [5.74, 6) is 0.145. The molecule has 2 heterocycles. The molecule has 0 fully saturated rings. The van der Waals surface area contributed by atoms with Gasteiger partial charge in [0.1, 0.15) is 12.4 Å². The molecule has 4 nitrogen and oxygen atoms in total. The molecule has 0 saturated carbocycles. The van der Waals surface area contributed by atoms with E-state index in [0.29, 0.717) is 16.9 Å². The van der Waals surface area contributed by atoms with Crippen molar-refractivity contribution in [3.05, 3.63) is 83.4 Å². The number of benzene rings is 2. The Morgan fingerprint density at radius 3 is 2.86 bits per heavy atom. The second-order valence-electron chi connectivity index (χ2n) is 6.31. The molecule has 4 aromatic rings. The first-order chi connectivity index (χ1) is 13.6. The molecule has 0 bridgehead atoms. The number of ether oxygens (including phenoxy) is 1. The molecule has 0 aliphatic rings. The number of rotatable bonds is 5. The highest BCUT2D eigenvalue weighted by molar-refractivity contribution is 6.31. The maximum absolute atomic E-state index is 13.8. The average molecular weight is 394 g/mol. The number of nitrogens with zero attached hydrogens (tertiary/aromatic N) is 1. The van der Waals surface area contributed by atoms with Crippen LogP contribution in [0.4, 0.5) is 10.2 Å². The van der Waals surface area contributed by atoms with Gasteiger partial charge < -0.3 is 15.5 Å². The predicted molar refractivity (Wildman–Crippen MR) is 112 cm³/mol. The molecule has 0 radical (unpaired) electrons. The number of hydrogen-bond acceptors (Lipinski definition) is 3. The van der Waals surface area contributed by atoms with Gasteiger partial charge >= 0.3 is 0 Å². The molecule has 2 aromatic heterocycles. The summed E-state index contributed by atoms with van der Waals surface area (Å²) in [5.41, 5.74) is 10.1. The van der Waals surface area contributed by atoms with Crippen molar-refractivity contribution >= 4 is 34.4 Å². The van der Waals surface area contributed by atoms with Gasteiger partial charge in [-0.1, -0.05) is 36.4 Å². The molecule has 0 aliphatic heterocycles. The van der Waals surface area contributed by atoms with Gasteiger partial charge in [-0.3, -0.25) is 0 Å². The Hall–Kier alpha value is -3.31. The minimum absolute atomic E-state index is 0.0120. The SMILES string of the molecule is C=Cc1ccc(F)c(Cl)c1COc1cc(-c2ccc3[nH]ccc3c2)cnc1N. The molecule has 0 unspecified atom stereocenters. The summed E-state index contributed by atoms with van der Waals surface area (Å²) in [7, 11) is 0. The Labute approximate surface area is 166 Å². The highest BCUT2D eigenvalue weighted by Gasteiger charge is 2.13. The second-order valence-corrected chi connectivity index (χ2v) is 6.69. The highest BCUT2D eigenvalue weighted by Crippen LogP contribution is 2.31. The molecule has 2 aromatic carbocycles. The lowest BCUT2D eigenvalue weighted by molar-refractivity contribution is 0.306. The van der Waals surface area contributed by atoms with E-state index in [2.05, 4.69) is 22.6 Å². The number of nitrogens with one attached hydrogen (secondary N) is 1. The quantitative estimate of drug-likeness (QED) is 0.448. The van der Waals surface area contributed by atoms with Crippen molar-refractivity contribution in [1.29, 1.82) is 0 Å². The lowest BCUT2D eigenvalue weighted by atomic mass is 10.1. The molecule has 3 N–H and O–H groups in total. The molecule has 0 spiro atoms. The number of pyridine rings is 1. The van der Waals surface area contributed by atoms with E-state index >= 15 is 0 Å². The molecule has 140 valence electrons. The van der Waals surface area contributed by atoms with Gasteiger partial charge in [0.15, 0.2) is 11.6 Å². The number of hydrogen-bond donors (Lipinski definition) is 2. The van der Waals surface area contributed by atoms with E-state index in [1.807, 2.05) is 30.5 Å². The van der Waals surface area contributed by atoms with E-state index in [4.69, 9.17) is 22.1 Å². The van der Waals surface area contributed by atoms with E-state index in [-0.39, 0.29) is 17.4 Å². The first kappa shape index (κ1) is 18.1. The summed E-state index contributed by atoms with van der Waals surface area (Å²) in [6, 6.07) is 12.8. The predicted octanol–water partition coefficient (Wildman–Crippen LogP) is 5.83. The molecule has 0 saturated heterocycles. The zero-order valence-corrected chi connectivity index (χ0v) is 15.6. The van der Waals surface area contributed by atoms with Crippen LogP contribution in [0.2, 0.25) is 5.02 Å². The van der Waals surface area contributed by atoms with Crippen molar-refractivity contribution in [2.24, 2.45) is 0 Å². The molecule has 6 heteroatoms. The summed E-state index contributed by atoms with van der Waals surface area (Å²) in [6.45, 7) is 3.78. The fourth-order valence-electron chi connectivity index (χ4n) is 3.06. The number of fused-ring (bicyclic) bond motifs is 1. The van der Waals surface area contributed by atoms with Crippen LogP contribution in [0, 0.1) is 5.82 Å². The Bertz CT molecular complexity index is 1190. The number of nitrogens with two attached hydrogens (primary N) is 1. The Morgan fingerprint density at radius 1 is 1.18 bits per heavy atom. The van der Waals surface area contributed by atoms with E-state index in [1.54, 1.807) is 18.3 Å². The van der Waals surface area contributed by atoms with Crippen LogP contribution in [0.1, 0.15) is 11.1 Å². The number of anilines is 1. The number of aromatic amines is 1.